The molecule has 1 rings (SSSR count). The van der Waals surface area contributed by atoms with Crippen molar-refractivity contribution in [2.75, 3.05) is 19.7 Å². The maximum absolute atomic E-state index is 11.8. The van der Waals surface area contributed by atoms with Crippen LogP contribution in [0.5, 0.6) is 0 Å². The first-order chi connectivity index (χ1) is 9.03. The molecule has 19 heavy (non-hydrogen) atoms. The number of rotatable bonds is 8. The Bertz CT molecular complexity index is 261. The average Bonchev–Trinajstić information content (AvgIpc) is 2.42. The van der Waals surface area contributed by atoms with Crippen LogP contribution in [-0.2, 0) is 9.53 Å². The van der Waals surface area contributed by atoms with Crippen LogP contribution in [0.4, 0.5) is 0 Å². The molecule has 0 radical (unpaired) electrons. The Kier molecular flexibility index (Phi) is 7.39. The van der Waals surface area contributed by atoms with Gasteiger partial charge in [0.1, 0.15) is 0 Å². The third-order valence-electron chi connectivity index (χ3n) is 3.79. The van der Waals surface area contributed by atoms with E-state index in [2.05, 4.69) is 19.2 Å². The summed E-state index contributed by atoms with van der Waals surface area (Å²) in [6.45, 7) is 6.66. The molecular weight excluding hydrogens is 240 g/mol. The van der Waals surface area contributed by atoms with E-state index in [0.717, 1.165) is 51.8 Å². The summed E-state index contributed by atoms with van der Waals surface area (Å²) in [5, 5.41) is 3.04. The molecule has 1 aliphatic rings. The quantitative estimate of drug-likeness (QED) is 0.711. The normalized spacial score (nSPS) is 20.3. The number of ether oxygens (including phenoxy) is 1. The summed E-state index contributed by atoms with van der Waals surface area (Å²) in [4.78, 5) is 11.8. The molecule has 0 saturated carbocycles. The molecule has 4 nitrogen and oxygen atoms in total. The van der Waals surface area contributed by atoms with Crippen LogP contribution in [0, 0.1) is 5.41 Å². The summed E-state index contributed by atoms with van der Waals surface area (Å²) in [5.74, 6) is 0.148. The van der Waals surface area contributed by atoms with Crippen molar-refractivity contribution in [3.63, 3.8) is 0 Å². The number of carbonyl (C=O) groups is 1. The smallest absolute Gasteiger partial charge is 0.220 e. The first-order valence-corrected chi connectivity index (χ1v) is 7.62. The third-order valence-corrected chi connectivity index (χ3v) is 3.79. The van der Waals surface area contributed by atoms with E-state index in [1.807, 2.05) is 0 Å². The largest absolute Gasteiger partial charge is 0.378 e. The maximum atomic E-state index is 11.8. The molecular formula is C15H30N2O2. The first-order valence-electron chi connectivity index (χ1n) is 7.62. The van der Waals surface area contributed by atoms with E-state index in [4.69, 9.17) is 10.5 Å². The van der Waals surface area contributed by atoms with Crippen LogP contribution in [0.2, 0.25) is 0 Å². The van der Waals surface area contributed by atoms with Crippen LogP contribution < -0.4 is 11.1 Å². The van der Waals surface area contributed by atoms with E-state index >= 15 is 0 Å². The van der Waals surface area contributed by atoms with Gasteiger partial charge in [0.2, 0.25) is 5.91 Å². The number of nitrogens with one attached hydrogen (secondary N) is 1. The molecule has 1 heterocycles. The SMILES string of the molecule is CC(C)(CCCN)CNC(=O)CCC1CCCCO1. The van der Waals surface area contributed by atoms with Gasteiger partial charge in [0.15, 0.2) is 0 Å². The number of nitrogens with two attached hydrogens (primary N) is 1. The predicted octanol–water partition coefficient (Wildman–Crippen LogP) is 2.22. The van der Waals surface area contributed by atoms with Gasteiger partial charge in [0.25, 0.3) is 0 Å². The molecule has 0 aromatic rings. The summed E-state index contributed by atoms with van der Waals surface area (Å²) < 4.78 is 5.63. The van der Waals surface area contributed by atoms with Gasteiger partial charge in [-0.3, -0.25) is 4.79 Å². The lowest BCUT2D eigenvalue weighted by atomic mass is 9.87. The molecule has 1 amide bonds. The third kappa shape index (κ3) is 7.53. The molecule has 1 unspecified atom stereocenters. The van der Waals surface area contributed by atoms with Gasteiger partial charge in [-0.25, -0.2) is 0 Å². The molecule has 0 aromatic heterocycles. The predicted molar refractivity (Wildman–Crippen MR) is 77.9 cm³/mol. The average molecular weight is 270 g/mol. The van der Waals surface area contributed by atoms with Crippen molar-refractivity contribution in [2.24, 2.45) is 11.1 Å². The van der Waals surface area contributed by atoms with Crippen molar-refractivity contribution in [1.82, 2.24) is 5.32 Å². The monoisotopic (exact) mass is 270 g/mol. The zero-order chi connectivity index (χ0) is 14.1. The molecule has 4 heteroatoms. The minimum Gasteiger partial charge on any atom is -0.378 e. The van der Waals surface area contributed by atoms with Crippen molar-refractivity contribution >= 4 is 5.91 Å². The van der Waals surface area contributed by atoms with Crippen molar-refractivity contribution in [3.8, 4) is 0 Å². The Hall–Kier alpha value is -0.610. The Labute approximate surface area is 117 Å². The first kappa shape index (κ1) is 16.4. The topological polar surface area (TPSA) is 64.3 Å². The summed E-state index contributed by atoms with van der Waals surface area (Å²) in [6.07, 6.45) is 7.30. The fraction of sp³-hybridized carbons (Fsp3) is 0.933. The lowest BCUT2D eigenvalue weighted by molar-refractivity contribution is -0.122. The standard InChI is InChI=1S/C15H30N2O2/c1-15(2,9-5-10-16)12-17-14(18)8-7-13-6-3-4-11-19-13/h13H,3-12,16H2,1-2H3,(H,17,18). The van der Waals surface area contributed by atoms with E-state index < -0.39 is 0 Å². The van der Waals surface area contributed by atoms with Crippen molar-refractivity contribution in [2.45, 2.75) is 64.9 Å². The highest BCUT2D eigenvalue weighted by molar-refractivity contribution is 5.75. The summed E-state index contributed by atoms with van der Waals surface area (Å²) in [7, 11) is 0. The van der Waals surface area contributed by atoms with Gasteiger partial charge in [0.05, 0.1) is 6.10 Å². The molecule has 1 fully saturated rings. The number of hydrogen-bond acceptors (Lipinski definition) is 3. The molecule has 112 valence electrons. The molecule has 1 saturated heterocycles. The van der Waals surface area contributed by atoms with Gasteiger partial charge in [-0.05, 0) is 50.5 Å². The highest BCUT2D eigenvalue weighted by Crippen LogP contribution is 2.21. The molecule has 1 atom stereocenters. The second-order valence-electron chi connectivity index (χ2n) is 6.36. The van der Waals surface area contributed by atoms with Gasteiger partial charge in [-0.2, -0.15) is 0 Å². The van der Waals surface area contributed by atoms with Crippen molar-refractivity contribution in [1.29, 1.82) is 0 Å². The van der Waals surface area contributed by atoms with Crippen LogP contribution in [0.15, 0.2) is 0 Å². The fourth-order valence-electron chi connectivity index (χ4n) is 2.42. The van der Waals surface area contributed by atoms with Crippen LogP contribution in [-0.4, -0.2) is 31.7 Å². The number of hydrogen-bond donors (Lipinski definition) is 2. The molecule has 0 aliphatic carbocycles. The summed E-state index contributed by atoms with van der Waals surface area (Å²) in [5.41, 5.74) is 5.66. The fourth-order valence-corrected chi connectivity index (χ4v) is 2.42. The van der Waals surface area contributed by atoms with Gasteiger partial charge in [-0.1, -0.05) is 13.8 Å². The Balaban J connectivity index is 2.12. The zero-order valence-electron chi connectivity index (χ0n) is 12.5. The van der Waals surface area contributed by atoms with Crippen LogP contribution in [0.1, 0.15) is 58.8 Å². The molecule has 1 aliphatic heterocycles. The summed E-state index contributed by atoms with van der Waals surface area (Å²) >= 11 is 0. The van der Waals surface area contributed by atoms with Gasteiger partial charge in [0, 0.05) is 19.6 Å². The van der Waals surface area contributed by atoms with Gasteiger partial charge < -0.3 is 15.8 Å². The zero-order valence-corrected chi connectivity index (χ0v) is 12.5. The highest BCUT2D eigenvalue weighted by atomic mass is 16.5. The minimum atomic E-state index is 0.135. The van der Waals surface area contributed by atoms with Crippen LogP contribution >= 0.6 is 0 Å². The van der Waals surface area contributed by atoms with Crippen molar-refractivity contribution < 1.29 is 9.53 Å². The van der Waals surface area contributed by atoms with E-state index in [-0.39, 0.29) is 11.3 Å². The van der Waals surface area contributed by atoms with Gasteiger partial charge in [-0.15, -0.1) is 0 Å². The van der Waals surface area contributed by atoms with Crippen molar-refractivity contribution in [3.05, 3.63) is 0 Å². The molecule has 0 aromatic carbocycles. The molecule has 0 spiro atoms. The molecule has 3 N–H and O–H groups in total. The minimum absolute atomic E-state index is 0.135. The van der Waals surface area contributed by atoms with E-state index in [0.29, 0.717) is 12.5 Å². The van der Waals surface area contributed by atoms with E-state index in [9.17, 15) is 4.79 Å². The Morgan fingerprint density at radius 2 is 2.21 bits per heavy atom. The number of carbonyl (C=O) groups excluding carboxylic acids is 1. The van der Waals surface area contributed by atoms with E-state index in [1.165, 1.54) is 6.42 Å². The number of amides is 1. The lowest BCUT2D eigenvalue weighted by Gasteiger charge is -2.25. The van der Waals surface area contributed by atoms with Crippen LogP contribution in [0.25, 0.3) is 0 Å². The van der Waals surface area contributed by atoms with Crippen LogP contribution in [0.3, 0.4) is 0 Å². The summed E-state index contributed by atoms with van der Waals surface area (Å²) in [6, 6.07) is 0. The second kappa shape index (κ2) is 8.54. The van der Waals surface area contributed by atoms with Gasteiger partial charge >= 0.3 is 0 Å². The van der Waals surface area contributed by atoms with E-state index in [1.54, 1.807) is 0 Å². The highest BCUT2D eigenvalue weighted by Gasteiger charge is 2.19. The second-order valence-corrected chi connectivity index (χ2v) is 6.36. The lowest BCUT2D eigenvalue weighted by Crippen LogP contribution is -2.34. The molecule has 0 bridgehead atoms. The Morgan fingerprint density at radius 3 is 2.84 bits per heavy atom. The Morgan fingerprint density at radius 1 is 1.42 bits per heavy atom. The maximum Gasteiger partial charge on any atom is 0.220 e.